The Balaban J connectivity index is 2.25. The third kappa shape index (κ3) is 2.82. The van der Waals surface area contributed by atoms with Gasteiger partial charge < -0.3 is 0 Å². The predicted octanol–water partition coefficient (Wildman–Crippen LogP) is 5.88. The first kappa shape index (κ1) is 15.2. The predicted molar refractivity (Wildman–Crippen MR) is 80.6 cm³/mol. The van der Waals surface area contributed by atoms with Gasteiger partial charge in [-0.1, -0.05) is 0 Å². The Labute approximate surface area is 130 Å². The molecule has 102 valence electrons. The van der Waals surface area contributed by atoms with Crippen LogP contribution in [0.2, 0.25) is 0 Å². The molecule has 0 N–H and O–H groups in total. The van der Waals surface area contributed by atoms with Crippen molar-refractivity contribution in [2.45, 2.75) is 67.2 Å². The molecule has 0 nitrogen and oxygen atoms in total. The third-order valence-corrected chi connectivity index (χ3v) is 8.64. The van der Waals surface area contributed by atoms with Crippen molar-refractivity contribution in [1.29, 1.82) is 0 Å². The summed E-state index contributed by atoms with van der Waals surface area (Å²) in [5.74, 6) is 0. The van der Waals surface area contributed by atoms with E-state index in [1.807, 2.05) is 6.56 Å². The Bertz CT molecular complexity index is 476. The van der Waals surface area contributed by atoms with E-state index in [2.05, 4.69) is 41.5 Å². The topological polar surface area (TPSA) is 0 Å². The molecule has 0 saturated heterocycles. The summed E-state index contributed by atoms with van der Waals surface area (Å²) in [6.45, 7) is 14.0. The molecule has 0 aromatic rings. The monoisotopic (exact) mass is 332 g/mol. The summed E-state index contributed by atoms with van der Waals surface area (Å²) in [5.41, 5.74) is 9.91. The Kier molecular flexibility index (Phi) is 4.88. The van der Waals surface area contributed by atoms with E-state index in [0.29, 0.717) is 0 Å². The minimum atomic E-state index is -0.522. The number of hydrogen-bond donors (Lipinski definition) is 0. The molecule has 0 aromatic heterocycles. The number of hydrogen-bond acceptors (Lipinski definition) is 0. The van der Waals surface area contributed by atoms with Crippen LogP contribution >= 0.6 is 0 Å². The van der Waals surface area contributed by atoms with Gasteiger partial charge in [0.15, 0.2) is 0 Å². The molecule has 0 unspecified atom stereocenters. The Morgan fingerprint density at radius 1 is 0.737 bits per heavy atom. The van der Waals surface area contributed by atoms with Crippen LogP contribution in [0.3, 0.4) is 0 Å². The van der Waals surface area contributed by atoms with Crippen LogP contribution < -0.4 is 0 Å². The molecule has 0 amide bonds. The van der Waals surface area contributed by atoms with Gasteiger partial charge in [0.1, 0.15) is 0 Å². The minimum absolute atomic E-state index is 0.522. The number of rotatable bonds is 4. The second kappa shape index (κ2) is 6.08. The van der Waals surface area contributed by atoms with Crippen molar-refractivity contribution in [2.24, 2.45) is 0 Å². The van der Waals surface area contributed by atoms with E-state index in [-0.39, 0.29) is 0 Å². The van der Waals surface area contributed by atoms with Crippen molar-refractivity contribution in [3.8, 4) is 0 Å². The normalized spacial score (nSPS) is 20.3. The quantitative estimate of drug-likeness (QED) is 0.603. The van der Waals surface area contributed by atoms with E-state index in [9.17, 15) is 0 Å². The Hall–Kier alpha value is -0.157. The first-order valence-electron chi connectivity index (χ1n) is 7.54. The van der Waals surface area contributed by atoms with E-state index in [0.717, 1.165) is 0 Å². The van der Waals surface area contributed by atoms with E-state index in [1.165, 1.54) is 25.7 Å². The molecular formula is C18H26Zr. The first-order chi connectivity index (χ1) is 8.99. The van der Waals surface area contributed by atoms with Crippen LogP contribution in [0.5, 0.6) is 0 Å². The standard InChI is InChI=1S/2C9H13.Zr/c2*1-4-9-6-5-7(2)8(9)3;/h2*4-5H2,1-3H3;. The molecule has 19 heavy (non-hydrogen) atoms. The molecule has 0 aromatic carbocycles. The summed E-state index contributed by atoms with van der Waals surface area (Å²) in [6.07, 6.45) is 5.05. The average molecular weight is 334 g/mol. The fourth-order valence-corrected chi connectivity index (χ4v) is 8.52. The molecule has 0 atom stereocenters. The van der Waals surface area contributed by atoms with E-state index in [4.69, 9.17) is 0 Å². The second-order valence-electron chi connectivity index (χ2n) is 5.91. The van der Waals surface area contributed by atoms with Crippen LogP contribution in [-0.4, -0.2) is 0 Å². The van der Waals surface area contributed by atoms with Gasteiger partial charge in [-0.05, 0) is 0 Å². The second-order valence-corrected chi connectivity index (χ2v) is 9.49. The molecular weight excluding hydrogens is 307 g/mol. The summed E-state index contributed by atoms with van der Waals surface area (Å²) >= 11 is -0.522. The summed E-state index contributed by atoms with van der Waals surface area (Å²) < 4.78 is 3.73. The van der Waals surface area contributed by atoms with E-state index >= 15 is 0 Å². The van der Waals surface area contributed by atoms with Crippen molar-refractivity contribution in [3.63, 3.8) is 0 Å². The van der Waals surface area contributed by atoms with Crippen molar-refractivity contribution >= 4 is 0 Å². The summed E-state index contributed by atoms with van der Waals surface area (Å²) in [5, 5.41) is 0. The molecule has 1 heteroatoms. The van der Waals surface area contributed by atoms with Crippen molar-refractivity contribution < 1.29 is 23.2 Å². The molecule has 0 spiro atoms. The molecule has 2 aliphatic carbocycles. The fourth-order valence-electron chi connectivity index (χ4n) is 3.36. The van der Waals surface area contributed by atoms with Crippen LogP contribution in [-0.2, 0) is 23.2 Å². The Morgan fingerprint density at radius 3 is 1.42 bits per heavy atom. The van der Waals surface area contributed by atoms with Gasteiger partial charge >= 0.3 is 130 Å². The van der Waals surface area contributed by atoms with Gasteiger partial charge in [0.05, 0.1) is 0 Å². The van der Waals surface area contributed by atoms with Gasteiger partial charge in [-0.25, -0.2) is 0 Å². The summed E-state index contributed by atoms with van der Waals surface area (Å²) in [4.78, 5) is 0. The van der Waals surface area contributed by atoms with Crippen molar-refractivity contribution in [3.05, 3.63) is 40.0 Å². The van der Waals surface area contributed by atoms with Crippen LogP contribution in [0.4, 0.5) is 0 Å². The zero-order valence-electron chi connectivity index (χ0n) is 13.3. The molecule has 0 saturated carbocycles. The zero-order valence-corrected chi connectivity index (χ0v) is 15.8. The van der Waals surface area contributed by atoms with Gasteiger partial charge in [0.2, 0.25) is 0 Å². The molecule has 2 rings (SSSR count). The molecule has 2 aliphatic rings. The Morgan fingerprint density at radius 2 is 1.11 bits per heavy atom. The van der Waals surface area contributed by atoms with Crippen LogP contribution in [0.25, 0.3) is 0 Å². The van der Waals surface area contributed by atoms with E-state index < -0.39 is 23.2 Å². The molecule has 0 heterocycles. The van der Waals surface area contributed by atoms with Crippen molar-refractivity contribution in [2.75, 3.05) is 0 Å². The molecule has 0 fully saturated rings. The zero-order chi connectivity index (χ0) is 14.2. The SMILES string of the molecule is CCC1=[C]([Zr][C]2=C(CC)C(C)=C(C)C2)CC(C)=C1C. The van der Waals surface area contributed by atoms with Crippen LogP contribution in [0.15, 0.2) is 40.0 Å². The summed E-state index contributed by atoms with van der Waals surface area (Å²) in [6, 6.07) is 0. The first-order valence-corrected chi connectivity index (χ1v) is 9.99. The fraction of sp³-hybridized carbons (Fsp3) is 0.556. The van der Waals surface area contributed by atoms with Gasteiger partial charge in [-0.2, -0.15) is 0 Å². The summed E-state index contributed by atoms with van der Waals surface area (Å²) in [7, 11) is 0. The third-order valence-electron chi connectivity index (χ3n) is 4.81. The van der Waals surface area contributed by atoms with Gasteiger partial charge in [0.25, 0.3) is 0 Å². The van der Waals surface area contributed by atoms with E-state index in [1.54, 1.807) is 33.4 Å². The molecule has 0 radical (unpaired) electrons. The van der Waals surface area contributed by atoms with Crippen LogP contribution in [0, 0.1) is 0 Å². The maximum atomic E-state index is 2.33. The number of allylic oxidation sites excluding steroid dienone is 8. The van der Waals surface area contributed by atoms with Crippen LogP contribution in [0.1, 0.15) is 67.2 Å². The molecule has 0 aliphatic heterocycles. The van der Waals surface area contributed by atoms with Crippen molar-refractivity contribution in [1.82, 2.24) is 0 Å². The average Bonchev–Trinajstić information content (AvgIpc) is 2.79. The molecule has 0 bridgehead atoms. The van der Waals surface area contributed by atoms with Gasteiger partial charge in [-0.3, -0.25) is 0 Å². The maximum absolute atomic E-state index is 2.33. The van der Waals surface area contributed by atoms with Gasteiger partial charge in [0, 0.05) is 0 Å². The van der Waals surface area contributed by atoms with Gasteiger partial charge in [-0.15, -0.1) is 0 Å².